The third-order valence-electron chi connectivity index (χ3n) is 5.47. The van der Waals surface area contributed by atoms with Gasteiger partial charge in [-0.15, -0.1) is 0 Å². The van der Waals surface area contributed by atoms with Gasteiger partial charge in [-0.05, 0) is 38.5 Å². The Morgan fingerprint density at radius 1 is 1.32 bits per heavy atom. The van der Waals surface area contributed by atoms with E-state index in [4.69, 9.17) is 4.52 Å². The summed E-state index contributed by atoms with van der Waals surface area (Å²) in [4.78, 5) is 39.0. The molecule has 2 aliphatic rings. The molecular formula is C17H23N3O5. The molecule has 0 radical (unpaired) electrons. The molecule has 8 heteroatoms. The summed E-state index contributed by atoms with van der Waals surface area (Å²) in [5.41, 5.74) is 0.562. The summed E-state index contributed by atoms with van der Waals surface area (Å²) in [7, 11) is 0. The van der Waals surface area contributed by atoms with E-state index in [9.17, 15) is 19.5 Å². The molecule has 0 aromatic carbocycles. The molecule has 3 rings (SSSR count). The van der Waals surface area contributed by atoms with Gasteiger partial charge < -0.3 is 19.4 Å². The number of carbonyl (C=O) groups excluding carboxylic acids is 2. The number of carboxylic acids is 1. The molecule has 1 N–H and O–H groups in total. The smallest absolute Gasteiger partial charge is 0.326 e. The predicted octanol–water partition coefficient (Wildman–Crippen LogP) is 1.30. The number of aromatic nitrogens is 1. The summed E-state index contributed by atoms with van der Waals surface area (Å²) in [5.74, 6) is -1.01. The van der Waals surface area contributed by atoms with Crippen molar-refractivity contribution in [2.75, 3.05) is 19.6 Å². The first-order valence-corrected chi connectivity index (χ1v) is 8.56. The van der Waals surface area contributed by atoms with Crippen molar-refractivity contribution in [2.24, 2.45) is 5.41 Å². The molecule has 8 nitrogen and oxygen atoms in total. The van der Waals surface area contributed by atoms with E-state index in [1.54, 1.807) is 24.8 Å². The Morgan fingerprint density at radius 2 is 2.00 bits per heavy atom. The summed E-state index contributed by atoms with van der Waals surface area (Å²) in [6, 6.07) is 0.809. The standard InChI is InChI=1S/C17H23N3O5/c1-11-9-13(25-18-11)15(22)19-7-5-17(6-8-19)4-3-14(21)20(10-17)12(2)16(23)24/h9,12H,3-8,10H2,1-2H3,(H,23,24)/t12-/m1/s1. The van der Waals surface area contributed by atoms with Crippen LogP contribution < -0.4 is 0 Å². The number of hydrogen-bond acceptors (Lipinski definition) is 5. The van der Waals surface area contributed by atoms with E-state index in [0.717, 1.165) is 19.3 Å². The molecule has 25 heavy (non-hydrogen) atoms. The van der Waals surface area contributed by atoms with E-state index >= 15 is 0 Å². The Labute approximate surface area is 145 Å². The van der Waals surface area contributed by atoms with Crippen LogP contribution in [0.4, 0.5) is 0 Å². The summed E-state index contributed by atoms with van der Waals surface area (Å²) in [6.45, 7) is 4.90. The Hall–Kier alpha value is -2.38. The van der Waals surface area contributed by atoms with Crippen molar-refractivity contribution >= 4 is 17.8 Å². The van der Waals surface area contributed by atoms with Gasteiger partial charge in [0.25, 0.3) is 5.91 Å². The molecule has 0 saturated carbocycles. The molecule has 1 aromatic heterocycles. The lowest BCUT2D eigenvalue weighted by Crippen LogP contribution is -2.55. The van der Waals surface area contributed by atoms with Crippen LogP contribution in [0.25, 0.3) is 0 Å². The lowest BCUT2D eigenvalue weighted by Gasteiger charge is -2.48. The molecule has 1 atom stereocenters. The quantitative estimate of drug-likeness (QED) is 0.882. The first-order valence-electron chi connectivity index (χ1n) is 8.56. The number of carboxylic acid groups (broad SMARTS) is 1. The molecule has 1 spiro atoms. The van der Waals surface area contributed by atoms with Crippen molar-refractivity contribution in [2.45, 2.75) is 45.6 Å². The van der Waals surface area contributed by atoms with Crippen molar-refractivity contribution in [3.05, 3.63) is 17.5 Å². The normalized spacial score (nSPS) is 21.4. The lowest BCUT2D eigenvalue weighted by atomic mass is 9.72. The van der Waals surface area contributed by atoms with Crippen LogP contribution in [-0.4, -0.2) is 63.5 Å². The van der Waals surface area contributed by atoms with Crippen molar-refractivity contribution in [3.63, 3.8) is 0 Å². The minimum atomic E-state index is -0.987. The van der Waals surface area contributed by atoms with E-state index in [1.807, 2.05) is 0 Å². The average Bonchev–Trinajstić information content (AvgIpc) is 3.03. The fourth-order valence-corrected chi connectivity index (χ4v) is 3.74. The fourth-order valence-electron chi connectivity index (χ4n) is 3.74. The zero-order valence-electron chi connectivity index (χ0n) is 14.5. The second kappa shape index (κ2) is 6.50. The highest BCUT2D eigenvalue weighted by Crippen LogP contribution is 2.41. The highest BCUT2D eigenvalue weighted by atomic mass is 16.5. The van der Waals surface area contributed by atoms with Gasteiger partial charge in [0.15, 0.2) is 0 Å². The van der Waals surface area contributed by atoms with Gasteiger partial charge in [0.2, 0.25) is 11.7 Å². The van der Waals surface area contributed by atoms with Crippen LogP contribution in [0, 0.1) is 12.3 Å². The Morgan fingerprint density at radius 3 is 2.56 bits per heavy atom. The Kier molecular flexibility index (Phi) is 4.53. The summed E-state index contributed by atoms with van der Waals surface area (Å²) < 4.78 is 5.05. The first-order chi connectivity index (χ1) is 11.8. The highest BCUT2D eigenvalue weighted by Gasteiger charge is 2.44. The van der Waals surface area contributed by atoms with E-state index < -0.39 is 12.0 Å². The van der Waals surface area contributed by atoms with Crippen LogP contribution in [0.15, 0.2) is 10.6 Å². The second-order valence-electron chi connectivity index (χ2n) is 7.16. The first kappa shape index (κ1) is 17.4. The maximum absolute atomic E-state index is 12.4. The van der Waals surface area contributed by atoms with Crippen LogP contribution in [0.1, 0.15) is 48.9 Å². The molecule has 2 fully saturated rings. The minimum Gasteiger partial charge on any atom is -0.480 e. The third-order valence-corrected chi connectivity index (χ3v) is 5.47. The second-order valence-corrected chi connectivity index (χ2v) is 7.16. The van der Waals surface area contributed by atoms with E-state index in [1.165, 1.54) is 4.90 Å². The number of nitrogens with zero attached hydrogens (tertiary/aromatic N) is 3. The molecule has 2 aliphatic heterocycles. The fraction of sp³-hybridized carbons (Fsp3) is 0.647. The predicted molar refractivity (Wildman–Crippen MR) is 86.9 cm³/mol. The molecule has 3 heterocycles. The van der Waals surface area contributed by atoms with Gasteiger partial charge in [0.1, 0.15) is 6.04 Å². The summed E-state index contributed by atoms with van der Waals surface area (Å²) in [6.07, 6.45) is 2.62. The molecule has 136 valence electrons. The number of piperidine rings is 2. The van der Waals surface area contributed by atoms with E-state index in [0.29, 0.717) is 31.7 Å². The Bertz CT molecular complexity index is 690. The molecule has 2 saturated heterocycles. The van der Waals surface area contributed by atoms with Crippen molar-refractivity contribution in [1.29, 1.82) is 0 Å². The van der Waals surface area contributed by atoms with Crippen LogP contribution in [-0.2, 0) is 9.59 Å². The maximum Gasteiger partial charge on any atom is 0.326 e. The topological polar surface area (TPSA) is 104 Å². The molecule has 0 unspecified atom stereocenters. The minimum absolute atomic E-state index is 0.101. The SMILES string of the molecule is Cc1cc(C(=O)N2CCC3(CCC(=O)N([C@H](C)C(=O)O)C3)CC2)on1. The zero-order valence-corrected chi connectivity index (χ0v) is 14.5. The van der Waals surface area contributed by atoms with Gasteiger partial charge >= 0.3 is 5.97 Å². The van der Waals surface area contributed by atoms with Crippen LogP contribution >= 0.6 is 0 Å². The molecule has 2 amide bonds. The summed E-state index contributed by atoms with van der Waals surface area (Å²) in [5, 5.41) is 13.0. The number of rotatable bonds is 3. The highest BCUT2D eigenvalue weighted by molar-refractivity contribution is 5.91. The average molecular weight is 349 g/mol. The van der Waals surface area contributed by atoms with Crippen LogP contribution in [0.5, 0.6) is 0 Å². The molecule has 0 aliphatic carbocycles. The number of aliphatic carboxylic acids is 1. The van der Waals surface area contributed by atoms with Crippen LogP contribution in [0.3, 0.4) is 0 Å². The number of amides is 2. The van der Waals surface area contributed by atoms with Gasteiger partial charge in [-0.2, -0.15) is 0 Å². The van der Waals surface area contributed by atoms with Crippen molar-refractivity contribution in [1.82, 2.24) is 15.0 Å². The zero-order chi connectivity index (χ0) is 18.2. The van der Waals surface area contributed by atoms with Crippen molar-refractivity contribution < 1.29 is 24.0 Å². The van der Waals surface area contributed by atoms with E-state index in [2.05, 4.69) is 5.16 Å². The largest absolute Gasteiger partial charge is 0.480 e. The lowest BCUT2D eigenvalue weighted by molar-refractivity contribution is -0.154. The number of likely N-dealkylation sites (tertiary alicyclic amines) is 2. The van der Waals surface area contributed by atoms with Crippen LogP contribution in [0.2, 0.25) is 0 Å². The Balaban J connectivity index is 1.65. The van der Waals surface area contributed by atoms with Crippen molar-refractivity contribution in [3.8, 4) is 0 Å². The summed E-state index contributed by atoms with van der Waals surface area (Å²) >= 11 is 0. The third kappa shape index (κ3) is 3.38. The van der Waals surface area contributed by atoms with Gasteiger partial charge in [0, 0.05) is 32.1 Å². The number of carbonyl (C=O) groups is 3. The number of hydrogen-bond donors (Lipinski definition) is 1. The molecular weight excluding hydrogens is 326 g/mol. The monoisotopic (exact) mass is 349 g/mol. The van der Waals surface area contributed by atoms with Gasteiger partial charge in [0.05, 0.1) is 5.69 Å². The molecule has 0 bridgehead atoms. The number of aryl methyl sites for hydroxylation is 1. The van der Waals surface area contributed by atoms with E-state index in [-0.39, 0.29) is 23.0 Å². The van der Waals surface area contributed by atoms with Gasteiger partial charge in [-0.25, -0.2) is 4.79 Å². The van der Waals surface area contributed by atoms with Gasteiger partial charge in [-0.3, -0.25) is 9.59 Å². The van der Waals surface area contributed by atoms with Gasteiger partial charge in [-0.1, -0.05) is 5.16 Å². The molecule has 1 aromatic rings. The maximum atomic E-state index is 12.4.